The molecule has 0 bridgehead atoms. The predicted molar refractivity (Wildman–Crippen MR) is 49.2 cm³/mol. The lowest BCUT2D eigenvalue weighted by Gasteiger charge is -2.12. The van der Waals surface area contributed by atoms with Gasteiger partial charge in [0.15, 0.2) is 0 Å². The molecule has 1 N–H and O–H groups in total. The van der Waals surface area contributed by atoms with Crippen LogP contribution in [0.4, 0.5) is 13.2 Å². The normalized spacial score (nSPS) is 11.1. The summed E-state index contributed by atoms with van der Waals surface area (Å²) in [5.74, 6) is -2.50. The molecule has 0 saturated carbocycles. The molecule has 0 unspecified atom stereocenters. The van der Waals surface area contributed by atoms with E-state index in [1.165, 1.54) is 14.0 Å². The second kappa shape index (κ2) is 4.48. The van der Waals surface area contributed by atoms with Crippen LogP contribution in [0.3, 0.4) is 0 Å². The largest absolute Gasteiger partial charge is 0.574 e. The van der Waals surface area contributed by atoms with Crippen molar-refractivity contribution in [3.05, 3.63) is 17.2 Å². The van der Waals surface area contributed by atoms with Gasteiger partial charge in [0.25, 0.3) is 0 Å². The number of carboxylic acid groups (broad SMARTS) is 1. The van der Waals surface area contributed by atoms with Crippen molar-refractivity contribution in [1.82, 2.24) is 4.98 Å². The van der Waals surface area contributed by atoms with E-state index in [1.54, 1.807) is 0 Å². The Morgan fingerprint density at radius 3 is 2.47 bits per heavy atom. The lowest BCUT2D eigenvalue weighted by Crippen LogP contribution is -2.19. The van der Waals surface area contributed by atoms with Crippen molar-refractivity contribution in [2.24, 2.45) is 0 Å². The number of methoxy groups -OCH3 is 1. The molecule has 0 aliphatic carbocycles. The van der Waals surface area contributed by atoms with E-state index in [1.807, 2.05) is 0 Å². The molecule has 0 aliphatic heterocycles. The Bertz CT molecular complexity index is 445. The van der Waals surface area contributed by atoms with Gasteiger partial charge >= 0.3 is 12.3 Å². The van der Waals surface area contributed by atoms with E-state index in [9.17, 15) is 18.0 Å². The van der Waals surface area contributed by atoms with Crippen LogP contribution in [-0.4, -0.2) is 29.5 Å². The highest BCUT2D eigenvalue weighted by Crippen LogP contribution is 2.27. The molecule has 1 heterocycles. The molecule has 0 aliphatic rings. The quantitative estimate of drug-likeness (QED) is 0.889. The van der Waals surface area contributed by atoms with E-state index in [0.717, 1.165) is 0 Å². The van der Waals surface area contributed by atoms with E-state index in [4.69, 9.17) is 5.11 Å². The molecule has 1 rings (SSSR count). The van der Waals surface area contributed by atoms with Gasteiger partial charge in [0.05, 0.1) is 12.7 Å². The van der Waals surface area contributed by atoms with Crippen LogP contribution >= 0.6 is 0 Å². The average Bonchev–Trinajstić information content (AvgIpc) is 2.17. The molecule has 0 atom stereocenters. The third-order valence-corrected chi connectivity index (χ3v) is 1.85. The molecule has 0 saturated heterocycles. The Labute approximate surface area is 93.8 Å². The maximum atomic E-state index is 12.0. The minimum Gasteiger partial charge on any atom is -0.481 e. The van der Waals surface area contributed by atoms with Crippen LogP contribution in [0.2, 0.25) is 0 Å². The summed E-state index contributed by atoms with van der Waals surface area (Å²) < 4.78 is 44.1. The van der Waals surface area contributed by atoms with Crippen LogP contribution in [0, 0.1) is 6.92 Å². The Morgan fingerprint density at radius 2 is 2.06 bits per heavy atom. The summed E-state index contributed by atoms with van der Waals surface area (Å²) in [5.41, 5.74) is -0.245. The smallest absolute Gasteiger partial charge is 0.481 e. The molecule has 0 fully saturated rings. The fraction of sp³-hybridized carbons (Fsp3) is 0.333. The second-order valence-electron chi connectivity index (χ2n) is 3.00. The lowest BCUT2D eigenvalue weighted by atomic mass is 10.1. The number of carboxylic acids is 1. The number of alkyl halides is 3. The summed E-state index contributed by atoms with van der Waals surface area (Å²) in [7, 11) is 1.17. The van der Waals surface area contributed by atoms with Gasteiger partial charge in [-0.15, -0.1) is 13.2 Å². The third-order valence-electron chi connectivity index (χ3n) is 1.85. The third kappa shape index (κ3) is 3.23. The van der Waals surface area contributed by atoms with Gasteiger partial charge in [-0.05, 0) is 6.92 Å². The minimum atomic E-state index is -4.94. The Morgan fingerprint density at radius 1 is 1.47 bits per heavy atom. The van der Waals surface area contributed by atoms with Crippen molar-refractivity contribution >= 4 is 5.97 Å². The number of aromatic carboxylic acids is 1. The zero-order valence-electron chi connectivity index (χ0n) is 8.83. The maximum Gasteiger partial charge on any atom is 0.574 e. The van der Waals surface area contributed by atoms with Gasteiger partial charge in [-0.1, -0.05) is 0 Å². The molecule has 8 heteroatoms. The van der Waals surface area contributed by atoms with Crippen molar-refractivity contribution in [3.63, 3.8) is 0 Å². The van der Waals surface area contributed by atoms with E-state index >= 15 is 0 Å². The van der Waals surface area contributed by atoms with Crippen LogP contribution in [0.1, 0.15) is 15.9 Å². The molecule has 1 aromatic rings. The van der Waals surface area contributed by atoms with E-state index in [0.29, 0.717) is 6.07 Å². The monoisotopic (exact) mass is 251 g/mol. The molecule has 94 valence electrons. The van der Waals surface area contributed by atoms with Gasteiger partial charge < -0.3 is 14.6 Å². The molecule has 0 spiro atoms. The van der Waals surface area contributed by atoms with Crippen molar-refractivity contribution in [2.45, 2.75) is 13.3 Å². The standard InChI is InChI=1S/C9H8F3NO4/c1-4-5(8(14)15)3-6(13-7(4)16-2)17-9(10,11)12/h3H,1-2H3,(H,14,15). The van der Waals surface area contributed by atoms with E-state index in [2.05, 4.69) is 14.5 Å². The van der Waals surface area contributed by atoms with Crippen LogP contribution < -0.4 is 9.47 Å². The van der Waals surface area contributed by atoms with Gasteiger partial charge in [0.2, 0.25) is 11.8 Å². The molecule has 0 amide bonds. The first kappa shape index (κ1) is 13.1. The Hall–Kier alpha value is -1.99. The fourth-order valence-corrected chi connectivity index (χ4v) is 1.15. The van der Waals surface area contributed by atoms with Crippen molar-refractivity contribution < 1.29 is 32.5 Å². The summed E-state index contributed by atoms with van der Waals surface area (Å²) in [6.45, 7) is 1.37. The molecule has 1 aromatic heterocycles. The van der Waals surface area contributed by atoms with E-state index in [-0.39, 0.29) is 17.0 Å². The summed E-state index contributed by atoms with van der Waals surface area (Å²) in [5, 5.41) is 8.79. The fourth-order valence-electron chi connectivity index (χ4n) is 1.15. The number of halogens is 3. The average molecular weight is 251 g/mol. The van der Waals surface area contributed by atoms with Gasteiger partial charge in [-0.3, -0.25) is 0 Å². The van der Waals surface area contributed by atoms with Gasteiger partial charge in [0, 0.05) is 11.6 Å². The number of nitrogens with zero attached hydrogens (tertiary/aromatic N) is 1. The van der Waals surface area contributed by atoms with Crippen molar-refractivity contribution in [2.75, 3.05) is 7.11 Å². The number of hydrogen-bond donors (Lipinski definition) is 1. The summed E-state index contributed by atoms with van der Waals surface area (Å²) in [4.78, 5) is 14.2. The second-order valence-corrected chi connectivity index (χ2v) is 3.00. The van der Waals surface area contributed by atoms with E-state index < -0.39 is 18.2 Å². The van der Waals surface area contributed by atoms with Gasteiger partial charge in [-0.2, -0.15) is 4.98 Å². The number of carbonyl (C=O) groups is 1. The van der Waals surface area contributed by atoms with Gasteiger partial charge in [-0.25, -0.2) is 4.79 Å². The highest BCUT2D eigenvalue weighted by Gasteiger charge is 2.32. The first-order valence-corrected chi connectivity index (χ1v) is 4.29. The zero-order valence-corrected chi connectivity index (χ0v) is 8.83. The molecule has 0 radical (unpaired) electrons. The summed E-state index contributed by atoms with van der Waals surface area (Å²) >= 11 is 0. The predicted octanol–water partition coefficient (Wildman–Crippen LogP) is 2.00. The molecule has 5 nitrogen and oxygen atoms in total. The maximum absolute atomic E-state index is 12.0. The number of pyridine rings is 1. The summed E-state index contributed by atoms with van der Waals surface area (Å²) in [6, 6.07) is 0.688. The van der Waals surface area contributed by atoms with Crippen LogP contribution in [0.15, 0.2) is 6.07 Å². The van der Waals surface area contributed by atoms with Crippen LogP contribution in [-0.2, 0) is 0 Å². The first-order chi connectivity index (χ1) is 7.74. The van der Waals surface area contributed by atoms with Crippen molar-refractivity contribution in [3.8, 4) is 11.8 Å². The Balaban J connectivity index is 3.25. The Kier molecular flexibility index (Phi) is 3.45. The highest BCUT2D eigenvalue weighted by atomic mass is 19.4. The number of hydrogen-bond acceptors (Lipinski definition) is 4. The highest BCUT2D eigenvalue weighted by molar-refractivity contribution is 5.90. The SMILES string of the molecule is COc1nc(OC(F)(F)F)cc(C(=O)O)c1C. The molecule has 0 aromatic carbocycles. The molecular formula is C9H8F3NO4. The number of ether oxygens (including phenoxy) is 2. The van der Waals surface area contributed by atoms with Crippen LogP contribution in [0.25, 0.3) is 0 Å². The minimum absolute atomic E-state index is 0.120. The molecule has 17 heavy (non-hydrogen) atoms. The van der Waals surface area contributed by atoms with Crippen LogP contribution in [0.5, 0.6) is 11.8 Å². The number of aromatic nitrogens is 1. The lowest BCUT2D eigenvalue weighted by molar-refractivity contribution is -0.276. The zero-order chi connectivity index (χ0) is 13.2. The molecular weight excluding hydrogens is 243 g/mol. The summed E-state index contributed by atoms with van der Waals surface area (Å²) in [6.07, 6.45) is -4.94. The number of rotatable bonds is 3. The van der Waals surface area contributed by atoms with Gasteiger partial charge in [0.1, 0.15) is 0 Å². The van der Waals surface area contributed by atoms with Crippen molar-refractivity contribution in [1.29, 1.82) is 0 Å². The topological polar surface area (TPSA) is 68.7 Å². The first-order valence-electron chi connectivity index (χ1n) is 4.29.